The molecule has 0 fully saturated rings. The van der Waals surface area contributed by atoms with E-state index in [9.17, 15) is 0 Å². The van der Waals surface area contributed by atoms with Gasteiger partial charge in [-0.1, -0.05) is 27.7 Å². The van der Waals surface area contributed by atoms with Gasteiger partial charge in [0.2, 0.25) is 0 Å². The number of nitrogens with one attached hydrogen (secondary N) is 2. The fraction of sp³-hybridized carbons (Fsp3) is 0.714. The van der Waals surface area contributed by atoms with Crippen LogP contribution in [0.5, 0.6) is 0 Å². The van der Waals surface area contributed by atoms with E-state index in [2.05, 4.69) is 52.2 Å². The minimum atomic E-state index is 0. The van der Waals surface area contributed by atoms with Crippen LogP contribution in [0.3, 0.4) is 0 Å². The van der Waals surface area contributed by atoms with Crippen LogP contribution in [-0.4, -0.2) is 12.1 Å². The normalized spacial score (nSPS) is 10.5. The molecule has 0 saturated carbocycles. The van der Waals surface area contributed by atoms with Gasteiger partial charge in [-0.25, -0.2) is 0 Å². The van der Waals surface area contributed by atoms with Crippen LogP contribution in [-0.2, 0) is 13.1 Å². The van der Waals surface area contributed by atoms with Gasteiger partial charge in [-0.05, 0) is 25.0 Å². The zero-order valence-electron chi connectivity index (χ0n) is 12.8. The zero-order chi connectivity index (χ0) is 13.0. The van der Waals surface area contributed by atoms with Crippen molar-refractivity contribution in [3.8, 4) is 0 Å². The molecular weight excluding hydrogens is 299 g/mol. The summed E-state index contributed by atoms with van der Waals surface area (Å²) in [7, 11) is 0. The number of halogens is 2. The molecule has 0 aliphatic carbocycles. The van der Waals surface area contributed by atoms with E-state index in [-0.39, 0.29) is 24.8 Å². The molecule has 0 radical (unpaired) electrons. The van der Waals surface area contributed by atoms with E-state index in [4.69, 9.17) is 0 Å². The molecular formula is C14H28Cl2N2S. The van der Waals surface area contributed by atoms with Gasteiger partial charge in [0.1, 0.15) is 0 Å². The Balaban J connectivity index is 0. The van der Waals surface area contributed by atoms with Gasteiger partial charge in [0.15, 0.2) is 0 Å². The van der Waals surface area contributed by atoms with Crippen LogP contribution in [0.2, 0.25) is 0 Å². The molecule has 114 valence electrons. The van der Waals surface area contributed by atoms with Crippen LogP contribution in [0.25, 0.3) is 0 Å². The highest BCUT2D eigenvalue weighted by atomic mass is 35.5. The predicted molar refractivity (Wildman–Crippen MR) is 92.2 cm³/mol. The molecule has 0 unspecified atom stereocenters. The lowest BCUT2D eigenvalue weighted by molar-refractivity contribution is 0.567. The number of aryl methyl sites for hydroxylation is 2. The Morgan fingerprint density at radius 1 is 0.789 bits per heavy atom. The molecule has 0 aromatic carbocycles. The zero-order valence-corrected chi connectivity index (χ0v) is 15.2. The molecule has 2 nitrogen and oxygen atoms in total. The van der Waals surface area contributed by atoms with Crippen LogP contribution in [0, 0.1) is 13.8 Å². The van der Waals surface area contributed by atoms with Crippen molar-refractivity contribution >= 4 is 36.2 Å². The fourth-order valence-electron chi connectivity index (χ4n) is 1.85. The van der Waals surface area contributed by atoms with Gasteiger partial charge in [-0.3, -0.25) is 0 Å². The van der Waals surface area contributed by atoms with Crippen molar-refractivity contribution < 1.29 is 0 Å². The molecule has 19 heavy (non-hydrogen) atoms. The maximum absolute atomic E-state index is 3.52. The first-order valence-corrected chi connectivity index (χ1v) is 7.28. The maximum Gasteiger partial charge on any atom is 0.0222 e. The van der Waals surface area contributed by atoms with Crippen LogP contribution in [0.15, 0.2) is 0 Å². The molecule has 0 atom stereocenters. The van der Waals surface area contributed by atoms with Crippen molar-refractivity contribution in [2.75, 3.05) is 0 Å². The standard InChI is InChI=1S/C14H26N2S.2ClH/c1-9(2)15-7-13-11(5)17-12(6)14(13)8-16-10(3)4;;/h9-10,15-16H,7-8H2,1-6H3;2*1H. The van der Waals surface area contributed by atoms with Gasteiger partial charge < -0.3 is 10.6 Å². The third-order valence-electron chi connectivity index (χ3n) is 2.89. The quantitative estimate of drug-likeness (QED) is 0.818. The van der Waals surface area contributed by atoms with Crippen molar-refractivity contribution in [3.05, 3.63) is 20.9 Å². The summed E-state index contributed by atoms with van der Waals surface area (Å²) >= 11 is 1.92. The molecule has 2 N–H and O–H groups in total. The second kappa shape index (κ2) is 10.0. The molecule has 0 saturated heterocycles. The second-order valence-electron chi connectivity index (χ2n) is 5.24. The summed E-state index contributed by atoms with van der Waals surface area (Å²) in [6.45, 7) is 15.2. The van der Waals surface area contributed by atoms with Gasteiger partial charge in [0.25, 0.3) is 0 Å². The number of rotatable bonds is 6. The molecule has 1 rings (SSSR count). The number of hydrogen-bond donors (Lipinski definition) is 2. The van der Waals surface area contributed by atoms with Crippen molar-refractivity contribution in [1.82, 2.24) is 10.6 Å². The topological polar surface area (TPSA) is 24.1 Å². The summed E-state index contributed by atoms with van der Waals surface area (Å²) in [5.41, 5.74) is 2.99. The highest BCUT2D eigenvalue weighted by molar-refractivity contribution is 7.12. The largest absolute Gasteiger partial charge is 0.310 e. The van der Waals surface area contributed by atoms with Crippen LogP contribution in [0.1, 0.15) is 48.6 Å². The molecule has 5 heteroatoms. The van der Waals surface area contributed by atoms with Gasteiger partial charge in [-0.15, -0.1) is 36.2 Å². The van der Waals surface area contributed by atoms with Crippen LogP contribution in [0.4, 0.5) is 0 Å². The summed E-state index contributed by atoms with van der Waals surface area (Å²) in [6.07, 6.45) is 0. The number of thiophene rings is 1. The second-order valence-corrected chi connectivity index (χ2v) is 6.67. The highest BCUT2D eigenvalue weighted by Crippen LogP contribution is 2.27. The van der Waals surface area contributed by atoms with Crippen LogP contribution >= 0.6 is 36.2 Å². The lowest BCUT2D eigenvalue weighted by Gasteiger charge is -2.13. The van der Waals surface area contributed by atoms with E-state index in [1.807, 2.05) is 11.3 Å². The minimum absolute atomic E-state index is 0. The van der Waals surface area contributed by atoms with Gasteiger partial charge in [0, 0.05) is 34.9 Å². The van der Waals surface area contributed by atoms with E-state index in [1.54, 1.807) is 0 Å². The third-order valence-corrected chi connectivity index (χ3v) is 4.00. The monoisotopic (exact) mass is 326 g/mol. The van der Waals surface area contributed by atoms with E-state index in [1.165, 1.54) is 20.9 Å². The first kappa shape index (κ1) is 21.5. The van der Waals surface area contributed by atoms with E-state index >= 15 is 0 Å². The Bertz CT molecular complexity index is 330. The lowest BCUT2D eigenvalue weighted by atomic mass is 10.1. The van der Waals surface area contributed by atoms with Crippen molar-refractivity contribution in [3.63, 3.8) is 0 Å². The molecule has 0 spiro atoms. The molecule has 0 amide bonds. The average molecular weight is 327 g/mol. The van der Waals surface area contributed by atoms with Crippen molar-refractivity contribution in [2.45, 2.75) is 66.7 Å². The molecule has 1 aromatic rings. The average Bonchev–Trinajstić information content (AvgIpc) is 2.47. The highest BCUT2D eigenvalue weighted by Gasteiger charge is 2.13. The first-order valence-electron chi connectivity index (χ1n) is 6.46. The predicted octanol–water partition coefficient (Wildman–Crippen LogP) is 4.20. The Morgan fingerprint density at radius 2 is 1.11 bits per heavy atom. The lowest BCUT2D eigenvalue weighted by Crippen LogP contribution is -2.25. The molecule has 1 heterocycles. The number of hydrogen-bond acceptors (Lipinski definition) is 3. The molecule has 0 aliphatic heterocycles. The third kappa shape index (κ3) is 6.96. The Labute approximate surface area is 134 Å². The summed E-state index contributed by atoms with van der Waals surface area (Å²) in [5.74, 6) is 0. The molecule has 0 bridgehead atoms. The van der Waals surface area contributed by atoms with E-state index in [0.717, 1.165) is 13.1 Å². The Morgan fingerprint density at radius 3 is 1.37 bits per heavy atom. The van der Waals surface area contributed by atoms with Crippen LogP contribution < -0.4 is 10.6 Å². The van der Waals surface area contributed by atoms with Gasteiger partial charge in [0.05, 0.1) is 0 Å². The summed E-state index contributed by atoms with van der Waals surface area (Å²) in [6, 6.07) is 1.08. The summed E-state index contributed by atoms with van der Waals surface area (Å²) in [5, 5.41) is 7.05. The van der Waals surface area contributed by atoms with E-state index < -0.39 is 0 Å². The van der Waals surface area contributed by atoms with Crippen molar-refractivity contribution in [1.29, 1.82) is 0 Å². The summed E-state index contributed by atoms with van der Waals surface area (Å²) in [4.78, 5) is 2.91. The molecule has 0 aliphatic rings. The first-order chi connectivity index (χ1) is 7.91. The smallest absolute Gasteiger partial charge is 0.0222 e. The molecule has 1 aromatic heterocycles. The van der Waals surface area contributed by atoms with Crippen molar-refractivity contribution in [2.24, 2.45) is 0 Å². The Kier molecular flexibility index (Phi) is 11.3. The minimum Gasteiger partial charge on any atom is -0.310 e. The van der Waals surface area contributed by atoms with E-state index in [0.29, 0.717) is 12.1 Å². The van der Waals surface area contributed by atoms with Gasteiger partial charge in [-0.2, -0.15) is 0 Å². The van der Waals surface area contributed by atoms with Gasteiger partial charge >= 0.3 is 0 Å². The maximum atomic E-state index is 3.52. The SMILES string of the molecule is Cc1sc(C)c(CNC(C)C)c1CNC(C)C.Cl.Cl. The fourth-order valence-corrected chi connectivity index (χ4v) is 2.95. The summed E-state index contributed by atoms with van der Waals surface area (Å²) < 4.78 is 0. The Hall–Kier alpha value is 0.200.